The number of hydrazone groups is 1. The van der Waals surface area contributed by atoms with E-state index in [0.29, 0.717) is 61.8 Å². The number of nitrogens with one attached hydrogen (secondary N) is 1. The smallest absolute Gasteiger partial charge is 0.257 e. The molecular formula is C36H46N12O3. The molecule has 0 bridgehead atoms. The van der Waals surface area contributed by atoms with Gasteiger partial charge in [-0.05, 0) is 43.2 Å². The molecule has 4 fully saturated rings. The first-order chi connectivity index (χ1) is 24.6. The van der Waals surface area contributed by atoms with Crippen LogP contribution in [0.25, 0.3) is 0 Å². The molecule has 8 rings (SSSR count). The quantitative estimate of drug-likeness (QED) is 0.102. The molecular weight excluding hydrogens is 648 g/mol. The van der Waals surface area contributed by atoms with Crippen LogP contribution in [0.1, 0.15) is 110 Å². The average Bonchev–Trinajstić information content (AvgIpc) is 3.85. The first kappa shape index (κ1) is 33.1. The van der Waals surface area contributed by atoms with Gasteiger partial charge < -0.3 is 25.6 Å². The van der Waals surface area contributed by atoms with E-state index in [-0.39, 0.29) is 40.5 Å². The summed E-state index contributed by atoms with van der Waals surface area (Å²) in [6, 6.07) is 9.47. The average molecular weight is 695 g/mol. The molecule has 0 radical (unpaired) electrons. The van der Waals surface area contributed by atoms with Crippen molar-refractivity contribution in [2.45, 2.75) is 77.3 Å². The van der Waals surface area contributed by atoms with Crippen LogP contribution in [0.3, 0.4) is 0 Å². The van der Waals surface area contributed by atoms with Crippen molar-refractivity contribution in [3.8, 4) is 0 Å². The van der Waals surface area contributed by atoms with Gasteiger partial charge in [-0.3, -0.25) is 19.0 Å². The molecule has 2 amide bonds. The third-order valence-corrected chi connectivity index (χ3v) is 11.7. The van der Waals surface area contributed by atoms with Crippen molar-refractivity contribution >= 4 is 17.6 Å². The highest BCUT2D eigenvalue weighted by atomic mass is 16.5. The maximum Gasteiger partial charge on any atom is 0.257 e. The molecule has 4 aromatic rings. The predicted octanol–water partition coefficient (Wildman–Crippen LogP) is 2.98. The molecule has 268 valence electrons. The van der Waals surface area contributed by atoms with Gasteiger partial charge in [0.2, 0.25) is 5.91 Å². The SMILES string of the molecule is CC(c1nc(C2CN(C(=O)c3cnn(Cc4ccc(/C(=N/N)NN)cc4)c3)CC23CN(C(=O)C2CC2(C)C)C3)no1)n1ccc(C2CCCC2)n1. The molecule has 3 aromatic heterocycles. The maximum atomic E-state index is 14.0. The highest BCUT2D eigenvalue weighted by molar-refractivity contribution is 5.98. The Morgan fingerprint density at radius 1 is 1.08 bits per heavy atom. The molecule has 3 unspecified atom stereocenters. The van der Waals surface area contributed by atoms with Crippen molar-refractivity contribution in [1.82, 2.24) is 44.9 Å². The summed E-state index contributed by atoms with van der Waals surface area (Å²) in [4.78, 5) is 36.1. The standard InChI is InChI=1S/C36H46N12O3/c1-22(48-13-12-29(43-48)24-6-4-5-7-24)32-40-31(44-51-32)28-18-45(19-36(28)20-46(21-36)34(50)27-14-35(27,2)3)33(49)26-15-39-47(17-26)16-23-8-10-25(11-9-23)30(41-37)42-38/h8-13,15,17,22,24,27-28H,4-7,14,16,18-21,37-38H2,1-3H3,(H,41,42). The van der Waals surface area contributed by atoms with Gasteiger partial charge in [-0.15, -0.1) is 0 Å². The van der Waals surface area contributed by atoms with E-state index >= 15 is 0 Å². The first-order valence-corrected chi connectivity index (χ1v) is 17.9. The van der Waals surface area contributed by atoms with Crippen LogP contribution in [0.5, 0.6) is 0 Å². The lowest BCUT2D eigenvalue weighted by atomic mass is 9.71. The predicted molar refractivity (Wildman–Crippen MR) is 187 cm³/mol. The summed E-state index contributed by atoms with van der Waals surface area (Å²) in [6.45, 7) is 8.80. The Hall–Kier alpha value is -5.05. The van der Waals surface area contributed by atoms with Gasteiger partial charge in [0.05, 0.1) is 29.9 Å². The Labute approximate surface area is 296 Å². The van der Waals surface area contributed by atoms with E-state index in [1.807, 2.05) is 51.9 Å². The second-order valence-electron chi connectivity index (χ2n) is 15.7. The molecule has 15 nitrogen and oxygen atoms in total. The minimum absolute atomic E-state index is 0.0469. The van der Waals surface area contributed by atoms with Crippen molar-refractivity contribution < 1.29 is 14.1 Å². The van der Waals surface area contributed by atoms with Gasteiger partial charge in [0.25, 0.3) is 11.8 Å². The summed E-state index contributed by atoms with van der Waals surface area (Å²) >= 11 is 0. The van der Waals surface area contributed by atoms with Crippen LogP contribution in [0.4, 0.5) is 0 Å². The van der Waals surface area contributed by atoms with Gasteiger partial charge in [-0.1, -0.05) is 56.1 Å². The Morgan fingerprint density at radius 3 is 2.49 bits per heavy atom. The fraction of sp³-hybridized carbons (Fsp3) is 0.528. The van der Waals surface area contributed by atoms with E-state index in [1.54, 1.807) is 17.1 Å². The maximum absolute atomic E-state index is 14.0. The van der Waals surface area contributed by atoms with Crippen molar-refractivity contribution in [3.05, 3.63) is 83.0 Å². The highest BCUT2D eigenvalue weighted by Crippen LogP contribution is 2.55. The summed E-state index contributed by atoms with van der Waals surface area (Å²) in [5.74, 6) is 12.8. The third-order valence-electron chi connectivity index (χ3n) is 11.7. The molecule has 5 heterocycles. The molecule has 1 spiro atoms. The van der Waals surface area contributed by atoms with E-state index in [9.17, 15) is 9.59 Å². The lowest BCUT2D eigenvalue weighted by Gasteiger charge is -2.50. The van der Waals surface area contributed by atoms with Crippen LogP contribution in [-0.4, -0.2) is 83.3 Å². The van der Waals surface area contributed by atoms with E-state index in [2.05, 4.69) is 40.7 Å². The van der Waals surface area contributed by atoms with Crippen LogP contribution in [-0.2, 0) is 11.3 Å². The number of hydrogen-bond acceptors (Lipinski definition) is 10. The highest BCUT2D eigenvalue weighted by Gasteiger charge is 2.61. The third kappa shape index (κ3) is 6.06. The van der Waals surface area contributed by atoms with Crippen molar-refractivity contribution in [2.24, 2.45) is 33.5 Å². The number of nitrogens with zero attached hydrogens (tertiary/aromatic N) is 9. The molecule has 4 aliphatic rings. The lowest BCUT2D eigenvalue weighted by Crippen LogP contribution is -2.62. The molecule has 15 heteroatoms. The topological polar surface area (TPSA) is 192 Å². The van der Waals surface area contributed by atoms with Gasteiger partial charge in [0, 0.05) is 61.4 Å². The van der Waals surface area contributed by atoms with Crippen LogP contribution < -0.4 is 17.1 Å². The van der Waals surface area contributed by atoms with Gasteiger partial charge in [-0.2, -0.15) is 20.3 Å². The number of benzene rings is 1. The number of likely N-dealkylation sites (tertiary alicyclic amines) is 2. The van der Waals surface area contributed by atoms with E-state index < -0.39 is 0 Å². The fourth-order valence-corrected chi connectivity index (χ4v) is 8.35. The Kier molecular flexibility index (Phi) is 8.19. The normalized spacial score (nSPS) is 23.1. The molecule has 1 aromatic carbocycles. The Morgan fingerprint density at radius 2 is 1.80 bits per heavy atom. The first-order valence-electron chi connectivity index (χ1n) is 17.9. The molecule has 51 heavy (non-hydrogen) atoms. The zero-order valence-electron chi connectivity index (χ0n) is 29.4. The largest absolute Gasteiger partial charge is 0.341 e. The molecule has 3 atom stereocenters. The minimum Gasteiger partial charge on any atom is -0.341 e. The monoisotopic (exact) mass is 694 g/mol. The summed E-state index contributed by atoms with van der Waals surface area (Å²) in [5, 5.41) is 17.5. The molecule has 5 N–H and O–H groups in total. The van der Waals surface area contributed by atoms with Crippen molar-refractivity contribution in [2.75, 3.05) is 26.2 Å². The lowest BCUT2D eigenvalue weighted by molar-refractivity contribution is -0.145. The van der Waals surface area contributed by atoms with E-state index in [1.165, 1.54) is 25.7 Å². The second-order valence-corrected chi connectivity index (χ2v) is 15.7. The Balaban J connectivity index is 0.990. The summed E-state index contributed by atoms with van der Waals surface area (Å²) < 4.78 is 9.52. The van der Waals surface area contributed by atoms with Gasteiger partial charge in [-0.25, -0.2) is 5.84 Å². The zero-order valence-corrected chi connectivity index (χ0v) is 29.4. The van der Waals surface area contributed by atoms with E-state index in [0.717, 1.165) is 23.2 Å². The number of hydrogen-bond donors (Lipinski definition) is 3. The van der Waals surface area contributed by atoms with Crippen LogP contribution in [0.15, 0.2) is 58.5 Å². The molecule has 2 aliphatic heterocycles. The van der Waals surface area contributed by atoms with Crippen LogP contribution in [0, 0.1) is 16.7 Å². The minimum atomic E-state index is -0.363. The number of carbonyl (C=O) groups is 2. The van der Waals surface area contributed by atoms with Crippen LogP contribution in [0.2, 0.25) is 0 Å². The number of amides is 2. The van der Waals surface area contributed by atoms with Gasteiger partial charge in [0.1, 0.15) is 6.04 Å². The summed E-state index contributed by atoms with van der Waals surface area (Å²) in [5.41, 5.74) is 5.53. The van der Waals surface area contributed by atoms with Crippen LogP contribution >= 0.6 is 0 Å². The number of nitrogens with two attached hydrogens (primary N) is 2. The number of rotatable bonds is 9. The number of aromatic nitrogens is 6. The fourth-order valence-electron chi connectivity index (χ4n) is 8.35. The molecule has 2 saturated carbocycles. The van der Waals surface area contributed by atoms with E-state index in [4.69, 9.17) is 26.3 Å². The summed E-state index contributed by atoms with van der Waals surface area (Å²) in [7, 11) is 0. The second kappa shape index (κ2) is 12.6. The number of hydrazine groups is 1. The van der Waals surface area contributed by atoms with Gasteiger partial charge >= 0.3 is 0 Å². The van der Waals surface area contributed by atoms with Crippen molar-refractivity contribution in [3.63, 3.8) is 0 Å². The Bertz CT molecular complexity index is 1950. The zero-order chi connectivity index (χ0) is 35.5. The molecule has 2 aliphatic carbocycles. The summed E-state index contributed by atoms with van der Waals surface area (Å²) in [6.07, 6.45) is 11.2. The number of carbonyl (C=O) groups excluding carboxylic acids is 2. The van der Waals surface area contributed by atoms with Crippen molar-refractivity contribution in [1.29, 1.82) is 0 Å². The number of amidine groups is 1. The van der Waals surface area contributed by atoms with Gasteiger partial charge in [0.15, 0.2) is 11.7 Å². The molecule has 2 saturated heterocycles.